The summed E-state index contributed by atoms with van der Waals surface area (Å²) in [6.45, 7) is 2.74. The molecule has 4 heteroatoms. The molecule has 0 saturated carbocycles. The van der Waals surface area contributed by atoms with E-state index >= 15 is 0 Å². The number of hydrogen-bond acceptors (Lipinski definition) is 4. The van der Waals surface area contributed by atoms with Gasteiger partial charge in [-0.05, 0) is 41.9 Å². The van der Waals surface area contributed by atoms with Gasteiger partial charge in [0.2, 0.25) is 0 Å². The maximum atomic E-state index is 5.63. The maximum Gasteiger partial charge on any atom is 0.117 e. The van der Waals surface area contributed by atoms with Crippen LogP contribution in [0.4, 0.5) is 0 Å². The largest absolute Gasteiger partial charge is 0.465 e. The molecule has 0 aliphatic carbocycles. The van der Waals surface area contributed by atoms with Gasteiger partial charge in [-0.25, -0.2) is 0 Å². The van der Waals surface area contributed by atoms with Gasteiger partial charge < -0.3 is 9.73 Å². The van der Waals surface area contributed by atoms with E-state index in [4.69, 9.17) is 4.42 Å². The Morgan fingerprint density at radius 2 is 1.95 bits per heavy atom. The molecule has 0 aliphatic heterocycles. The number of nitrogens with one attached hydrogen (secondary N) is 1. The average Bonchev–Trinajstić information content (AvgIpc) is 3.17. The minimum absolute atomic E-state index is 0.346. The van der Waals surface area contributed by atoms with Crippen LogP contribution in [-0.4, -0.2) is 0 Å². The van der Waals surface area contributed by atoms with Crippen LogP contribution in [0, 0.1) is 6.92 Å². The van der Waals surface area contributed by atoms with Crippen molar-refractivity contribution in [1.82, 2.24) is 5.32 Å². The van der Waals surface area contributed by atoms with Crippen LogP contribution < -0.4 is 5.32 Å². The fourth-order valence-corrected chi connectivity index (χ4v) is 3.75. The molecule has 1 atom stereocenters. The minimum Gasteiger partial charge on any atom is -0.465 e. The summed E-state index contributed by atoms with van der Waals surface area (Å²) >= 11 is 3.62. The van der Waals surface area contributed by atoms with Gasteiger partial charge in [0.15, 0.2) is 0 Å². The molecule has 0 radical (unpaired) electrons. The second-order valence-electron chi connectivity index (χ2n) is 4.74. The summed E-state index contributed by atoms with van der Waals surface area (Å²) in [7, 11) is 0. The van der Waals surface area contributed by atoms with Gasteiger partial charge in [0.25, 0.3) is 0 Å². The molecule has 3 aromatic heterocycles. The highest BCUT2D eigenvalue weighted by Gasteiger charge is 2.14. The lowest BCUT2D eigenvalue weighted by Crippen LogP contribution is -2.21. The van der Waals surface area contributed by atoms with E-state index in [1.807, 2.05) is 30.4 Å². The van der Waals surface area contributed by atoms with Crippen LogP contribution in [0.1, 0.15) is 27.3 Å². The van der Waals surface area contributed by atoms with Crippen LogP contribution in [0.25, 0.3) is 0 Å². The first-order chi connectivity index (χ1) is 9.81. The fourth-order valence-electron chi connectivity index (χ4n) is 2.20. The Labute approximate surface area is 127 Å². The van der Waals surface area contributed by atoms with Crippen molar-refractivity contribution in [1.29, 1.82) is 0 Å². The van der Waals surface area contributed by atoms with E-state index in [0.717, 1.165) is 24.5 Å². The Morgan fingerprint density at radius 1 is 1.10 bits per heavy atom. The van der Waals surface area contributed by atoms with Gasteiger partial charge in [0.1, 0.15) is 11.5 Å². The Morgan fingerprint density at radius 3 is 2.60 bits per heavy atom. The Hall–Kier alpha value is -1.36. The first kappa shape index (κ1) is 13.6. The third-order valence-electron chi connectivity index (χ3n) is 3.19. The quantitative estimate of drug-likeness (QED) is 0.708. The lowest BCUT2D eigenvalue weighted by molar-refractivity contribution is 0.437. The summed E-state index contributed by atoms with van der Waals surface area (Å²) in [6.07, 6.45) is 1.03. The summed E-state index contributed by atoms with van der Waals surface area (Å²) in [5.41, 5.74) is 0. The molecule has 2 nitrogen and oxygen atoms in total. The van der Waals surface area contributed by atoms with Crippen LogP contribution in [0.2, 0.25) is 0 Å². The monoisotopic (exact) mass is 303 g/mol. The third kappa shape index (κ3) is 3.39. The van der Waals surface area contributed by atoms with E-state index in [0.29, 0.717) is 6.04 Å². The van der Waals surface area contributed by atoms with Crippen molar-refractivity contribution >= 4 is 22.7 Å². The summed E-state index contributed by atoms with van der Waals surface area (Å²) < 4.78 is 5.63. The maximum absolute atomic E-state index is 5.63. The van der Waals surface area contributed by atoms with E-state index in [1.165, 1.54) is 9.75 Å². The zero-order valence-electron chi connectivity index (χ0n) is 11.3. The SMILES string of the molecule is Cc1ccc(CNC(Cc2cccs2)c2cccs2)o1. The molecule has 104 valence electrons. The van der Waals surface area contributed by atoms with Crippen molar-refractivity contribution in [3.8, 4) is 0 Å². The van der Waals surface area contributed by atoms with Gasteiger partial charge in [-0.15, -0.1) is 22.7 Å². The van der Waals surface area contributed by atoms with Crippen LogP contribution in [0.3, 0.4) is 0 Å². The molecule has 3 rings (SSSR count). The third-order valence-corrected chi connectivity index (χ3v) is 5.08. The van der Waals surface area contributed by atoms with Crippen molar-refractivity contribution in [3.63, 3.8) is 0 Å². The number of rotatable bonds is 6. The molecule has 20 heavy (non-hydrogen) atoms. The van der Waals surface area contributed by atoms with E-state index < -0.39 is 0 Å². The number of furan rings is 1. The topological polar surface area (TPSA) is 25.2 Å². The highest BCUT2D eigenvalue weighted by molar-refractivity contribution is 7.10. The lowest BCUT2D eigenvalue weighted by atomic mass is 10.1. The van der Waals surface area contributed by atoms with Crippen LogP contribution in [0.5, 0.6) is 0 Å². The van der Waals surface area contributed by atoms with Gasteiger partial charge in [-0.1, -0.05) is 12.1 Å². The summed E-state index contributed by atoms with van der Waals surface area (Å²) in [6, 6.07) is 13.0. The highest BCUT2D eigenvalue weighted by Crippen LogP contribution is 2.25. The molecule has 0 aromatic carbocycles. The van der Waals surface area contributed by atoms with Gasteiger partial charge in [0.05, 0.1) is 6.54 Å². The predicted octanol–water partition coefficient (Wildman–Crippen LogP) is 4.78. The zero-order chi connectivity index (χ0) is 13.8. The van der Waals surface area contributed by atoms with Crippen molar-refractivity contribution < 1.29 is 4.42 Å². The Balaban J connectivity index is 1.69. The predicted molar refractivity (Wildman–Crippen MR) is 85.4 cm³/mol. The van der Waals surface area contributed by atoms with Gasteiger partial charge in [-0.3, -0.25) is 0 Å². The molecule has 1 unspecified atom stereocenters. The molecule has 0 spiro atoms. The molecule has 0 bridgehead atoms. The number of aryl methyl sites for hydroxylation is 1. The molecule has 0 saturated heterocycles. The smallest absolute Gasteiger partial charge is 0.117 e. The van der Waals surface area contributed by atoms with Crippen molar-refractivity contribution in [2.24, 2.45) is 0 Å². The minimum atomic E-state index is 0.346. The van der Waals surface area contributed by atoms with Gasteiger partial charge >= 0.3 is 0 Å². The van der Waals surface area contributed by atoms with Crippen molar-refractivity contribution in [3.05, 3.63) is 68.4 Å². The molecule has 0 aliphatic rings. The molecular weight excluding hydrogens is 286 g/mol. The van der Waals surface area contributed by atoms with Crippen LogP contribution >= 0.6 is 22.7 Å². The first-order valence-electron chi connectivity index (χ1n) is 6.66. The fraction of sp³-hybridized carbons (Fsp3) is 0.250. The molecule has 1 N–H and O–H groups in total. The molecule has 0 fully saturated rings. The Bertz CT molecular complexity index is 625. The van der Waals surface area contributed by atoms with E-state index in [9.17, 15) is 0 Å². The molecule has 3 aromatic rings. The summed E-state index contributed by atoms with van der Waals surface area (Å²) in [5, 5.41) is 7.88. The second kappa shape index (κ2) is 6.39. The number of hydrogen-bond donors (Lipinski definition) is 1. The summed E-state index contributed by atoms with van der Waals surface area (Å²) in [4.78, 5) is 2.79. The number of thiophene rings is 2. The van der Waals surface area contributed by atoms with Crippen molar-refractivity contribution in [2.45, 2.75) is 25.9 Å². The molecular formula is C16H17NOS2. The van der Waals surface area contributed by atoms with E-state index in [1.54, 1.807) is 11.3 Å². The lowest BCUT2D eigenvalue weighted by Gasteiger charge is -2.16. The highest BCUT2D eigenvalue weighted by atomic mass is 32.1. The normalized spacial score (nSPS) is 12.7. The van der Waals surface area contributed by atoms with Crippen LogP contribution in [-0.2, 0) is 13.0 Å². The average molecular weight is 303 g/mol. The van der Waals surface area contributed by atoms with E-state index in [-0.39, 0.29) is 0 Å². The Kier molecular flexibility index (Phi) is 4.35. The summed E-state index contributed by atoms with van der Waals surface area (Å²) in [5.74, 6) is 1.96. The van der Waals surface area contributed by atoms with E-state index in [2.05, 4.69) is 40.3 Å². The van der Waals surface area contributed by atoms with Gasteiger partial charge in [0, 0.05) is 22.2 Å². The van der Waals surface area contributed by atoms with Crippen molar-refractivity contribution in [2.75, 3.05) is 0 Å². The first-order valence-corrected chi connectivity index (χ1v) is 8.41. The van der Waals surface area contributed by atoms with Gasteiger partial charge in [-0.2, -0.15) is 0 Å². The second-order valence-corrected chi connectivity index (χ2v) is 6.76. The molecule has 0 amide bonds. The standard InChI is InChI=1S/C16H17NOS2/c1-12-6-7-13(18-12)11-17-15(16-5-3-9-20-16)10-14-4-2-8-19-14/h2-9,15,17H,10-11H2,1H3. The molecule has 3 heterocycles. The zero-order valence-corrected chi connectivity index (χ0v) is 13.0. The van der Waals surface area contributed by atoms with Crippen LogP contribution in [0.15, 0.2) is 51.6 Å².